The Balaban J connectivity index is 3.44. The maximum atomic E-state index is 11.1. The molecule has 1 aromatic heterocycles. The molecular weight excluding hydrogens is 271 g/mol. The quantitative estimate of drug-likeness (QED) is 0.611. The minimum absolute atomic E-state index is 0.0469. The van der Waals surface area contributed by atoms with Crippen LogP contribution in [0.2, 0.25) is 0 Å². The lowest BCUT2D eigenvalue weighted by molar-refractivity contribution is 0.692. The lowest BCUT2D eigenvalue weighted by Gasteiger charge is -2.06. The van der Waals surface area contributed by atoms with Gasteiger partial charge in [-0.1, -0.05) is 22.6 Å². The predicted molar refractivity (Wildman–Crippen MR) is 54.8 cm³/mol. The Hall–Kier alpha value is -0.590. The van der Waals surface area contributed by atoms with Gasteiger partial charge in [0.2, 0.25) is 0 Å². The summed E-state index contributed by atoms with van der Waals surface area (Å²) in [5.74, 6) is 0. The number of halogens is 1. The van der Waals surface area contributed by atoms with E-state index in [1.54, 1.807) is 13.1 Å². The summed E-state index contributed by atoms with van der Waals surface area (Å²) < 4.78 is 1.53. The summed E-state index contributed by atoms with van der Waals surface area (Å²) in [7, 11) is 0. The number of alkyl halides is 1. The summed E-state index contributed by atoms with van der Waals surface area (Å²) in [5.41, 5.74) is -0.112. The first-order chi connectivity index (χ1) is 5.52. The first-order valence-corrected chi connectivity index (χ1v) is 4.73. The molecule has 0 radical (unpaired) electrons. The van der Waals surface area contributed by atoms with Crippen LogP contribution >= 0.6 is 22.6 Å². The molecule has 12 heavy (non-hydrogen) atoms. The van der Waals surface area contributed by atoms with E-state index < -0.39 is 0 Å². The van der Waals surface area contributed by atoms with Crippen molar-refractivity contribution >= 4 is 22.6 Å². The van der Waals surface area contributed by atoms with E-state index in [1.165, 1.54) is 4.57 Å². The summed E-state index contributed by atoms with van der Waals surface area (Å²) in [4.78, 5) is 24.3. The number of hydrogen-bond acceptors (Lipinski definition) is 2. The lowest BCUT2D eigenvalue weighted by atomic mass is 10.4. The molecule has 5 heteroatoms. The Kier molecular flexibility index (Phi) is 2.71. The number of nitrogens with zero attached hydrogens (tertiary/aromatic N) is 1. The largest absolute Gasteiger partial charge is 0.329 e. The molecule has 0 aliphatic heterocycles. The molecule has 1 unspecified atom stereocenters. The van der Waals surface area contributed by atoms with Crippen molar-refractivity contribution in [2.75, 3.05) is 0 Å². The monoisotopic (exact) mass is 280 g/mol. The average Bonchev–Trinajstić information content (AvgIpc) is 1.96. The number of rotatable bonds is 1. The van der Waals surface area contributed by atoms with Gasteiger partial charge in [0.05, 0.1) is 4.05 Å². The molecule has 1 N–H and O–H groups in total. The number of aryl methyl sites for hydroxylation is 1. The van der Waals surface area contributed by atoms with Crippen LogP contribution in [0.5, 0.6) is 0 Å². The van der Waals surface area contributed by atoms with Gasteiger partial charge in [0.1, 0.15) is 0 Å². The third kappa shape index (κ3) is 1.77. The van der Waals surface area contributed by atoms with Gasteiger partial charge in [0.25, 0.3) is 5.56 Å². The van der Waals surface area contributed by atoms with Crippen LogP contribution in [0.25, 0.3) is 0 Å². The molecule has 0 saturated heterocycles. The van der Waals surface area contributed by atoms with Crippen molar-refractivity contribution in [1.82, 2.24) is 9.55 Å². The van der Waals surface area contributed by atoms with Crippen LogP contribution in [0.15, 0.2) is 15.8 Å². The highest BCUT2D eigenvalue weighted by atomic mass is 127. The average molecular weight is 280 g/mol. The summed E-state index contributed by atoms with van der Waals surface area (Å²) in [6.07, 6.45) is 1.57. The molecule has 66 valence electrons. The van der Waals surface area contributed by atoms with Crippen LogP contribution in [-0.2, 0) is 0 Å². The van der Waals surface area contributed by atoms with Gasteiger partial charge >= 0.3 is 5.69 Å². The van der Waals surface area contributed by atoms with Gasteiger partial charge < -0.3 is 0 Å². The summed E-state index contributed by atoms with van der Waals surface area (Å²) in [6, 6.07) is 0. The second-order valence-corrected chi connectivity index (χ2v) is 4.36. The number of aromatic nitrogens is 2. The van der Waals surface area contributed by atoms with Gasteiger partial charge in [-0.05, 0) is 13.8 Å². The fraction of sp³-hybridized carbons (Fsp3) is 0.429. The third-order valence-corrected chi connectivity index (χ3v) is 2.13. The number of nitrogens with one attached hydrogen (secondary N) is 1. The van der Waals surface area contributed by atoms with Crippen LogP contribution in [0, 0.1) is 6.92 Å². The molecule has 0 aliphatic rings. The highest BCUT2D eigenvalue weighted by molar-refractivity contribution is 14.1. The Morgan fingerprint density at radius 3 is 2.67 bits per heavy atom. The molecule has 0 aromatic carbocycles. The van der Waals surface area contributed by atoms with Crippen LogP contribution in [0.3, 0.4) is 0 Å². The van der Waals surface area contributed by atoms with Gasteiger partial charge in [-0.3, -0.25) is 14.3 Å². The Morgan fingerprint density at radius 2 is 2.17 bits per heavy atom. The second kappa shape index (κ2) is 3.42. The van der Waals surface area contributed by atoms with Crippen LogP contribution < -0.4 is 11.2 Å². The van der Waals surface area contributed by atoms with Gasteiger partial charge in [-0.15, -0.1) is 0 Å². The highest BCUT2D eigenvalue weighted by Crippen LogP contribution is 2.09. The number of aromatic amines is 1. The minimum Gasteiger partial charge on any atom is -0.288 e. The van der Waals surface area contributed by atoms with E-state index in [9.17, 15) is 9.59 Å². The number of hydrogen-bond donors (Lipinski definition) is 1. The van der Waals surface area contributed by atoms with Crippen molar-refractivity contribution in [3.63, 3.8) is 0 Å². The van der Waals surface area contributed by atoms with E-state index in [0.717, 1.165) is 0 Å². The van der Waals surface area contributed by atoms with Gasteiger partial charge in [-0.2, -0.15) is 0 Å². The molecule has 1 aromatic rings. The fourth-order valence-corrected chi connectivity index (χ4v) is 1.26. The smallest absolute Gasteiger partial charge is 0.288 e. The SMILES string of the molecule is Cc1cn(C(C)I)c(=O)[nH]c1=O. The zero-order valence-electron chi connectivity index (χ0n) is 6.80. The van der Waals surface area contributed by atoms with Crippen molar-refractivity contribution in [3.05, 3.63) is 32.6 Å². The Morgan fingerprint density at radius 1 is 1.58 bits per heavy atom. The number of H-pyrrole nitrogens is 1. The Bertz CT molecular complexity index is 391. The van der Waals surface area contributed by atoms with Crippen molar-refractivity contribution in [3.8, 4) is 0 Å². The standard InChI is InChI=1S/C7H9IN2O2/c1-4-3-10(5(2)8)7(12)9-6(4)11/h3,5H,1-2H3,(H,9,11,12). The lowest BCUT2D eigenvalue weighted by Crippen LogP contribution is -2.31. The zero-order valence-corrected chi connectivity index (χ0v) is 8.95. The maximum absolute atomic E-state index is 11.1. The molecule has 1 heterocycles. The fourth-order valence-electron chi connectivity index (χ4n) is 0.850. The highest BCUT2D eigenvalue weighted by Gasteiger charge is 2.03. The molecule has 1 atom stereocenters. The van der Waals surface area contributed by atoms with Crippen molar-refractivity contribution in [2.24, 2.45) is 0 Å². The first kappa shape index (κ1) is 9.50. The van der Waals surface area contributed by atoms with E-state index in [-0.39, 0.29) is 15.3 Å². The normalized spacial score (nSPS) is 12.9. The maximum Gasteiger partial charge on any atom is 0.329 e. The molecule has 4 nitrogen and oxygen atoms in total. The van der Waals surface area contributed by atoms with Crippen molar-refractivity contribution in [2.45, 2.75) is 17.9 Å². The minimum atomic E-state index is -0.354. The molecule has 0 aliphatic carbocycles. The van der Waals surface area contributed by atoms with E-state index in [1.807, 2.05) is 6.92 Å². The van der Waals surface area contributed by atoms with Gasteiger partial charge in [-0.25, -0.2) is 4.79 Å². The van der Waals surface area contributed by atoms with Crippen LogP contribution in [0.4, 0.5) is 0 Å². The topological polar surface area (TPSA) is 54.9 Å². The van der Waals surface area contributed by atoms with Gasteiger partial charge in [0.15, 0.2) is 0 Å². The molecular formula is C7H9IN2O2. The Labute approximate surface area is 82.8 Å². The van der Waals surface area contributed by atoms with E-state index >= 15 is 0 Å². The molecule has 0 bridgehead atoms. The summed E-state index contributed by atoms with van der Waals surface area (Å²) in [5, 5.41) is 0. The van der Waals surface area contributed by atoms with Crippen molar-refractivity contribution < 1.29 is 0 Å². The molecule has 0 fully saturated rings. The zero-order chi connectivity index (χ0) is 9.30. The van der Waals surface area contributed by atoms with E-state index in [0.29, 0.717) is 5.56 Å². The molecule has 1 rings (SSSR count). The summed E-state index contributed by atoms with van der Waals surface area (Å²) in [6.45, 7) is 3.55. The molecule has 0 amide bonds. The van der Waals surface area contributed by atoms with Crippen LogP contribution in [-0.4, -0.2) is 9.55 Å². The molecule has 0 spiro atoms. The molecule has 0 saturated carbocycles. The van der Waals surface area contributed by atoms with Crippen molar-refractivity contribution in [1.29, 1.82) is 0 Å². The van der Waals surface area contributed by atoms with E-state index in [4.69, 9.17) is 0 Å². The predicted octanol–water partition coefficient (Wildman–Crippen LogP) is 0.799. The summed E-state index contributed by atoms with van der Waals surface area (Å²) >= 11 is 2.10. The first-order valence-electron chi connectivity index (χ1n) is 3.48. The third-order valence-electron chi connectivity index (χ3n) is 1.53. The second-order valence-electron chi connectivity index (χ2n) is 2.55. The van der Waals surface area contributed by atoms with Gasteiger partial charge in [0, 0.05) is 11.8 Å². The van der Waals surface area contributed by atoms with Crippen LogP contribution in [0.1, 0.15) is 16.5 Å². The van der Waals surface area contributed by atoms with E-state index in [2.05, 4.69) is 27.6 Å².